The minimum Gasteiger partial charge on any atom is -0.466 e. The van der Waals surface area contributed by atoms with Crippen LogP contribution >= 0.6 is 15.9 Å². The molecular formula is C23H28BrNO3. The summed E-state index contributed by atoms with van der Waals surface area (Å²) in [5, 5.41) is 0. The lowest BCUT2D eigenvalue weighted by molar-refractivity contribution is -0.143. The molecule has 150 valence electrons. The lowest BCUT2D eigenvalue weighted by Gasteiger charge is -2.34. The van der Waals surface area contributed by atoms with Crippen molar-refractivity contribution in [1.29, 1.82) is 0 Å². The van der Waals surface area contributed by atoms with Gasteiger partial charge in [0.2, 0.25) is 0 Å². The first-order valence-electron chi connectivity index (χ1n) is 9.99. The maximum atomic E-state index is 11.6. The molecule has 0 spiro atoms. The molecule has 0 saturated carbocycles. The molecule has 0 radical (unpaired) electrons. The zero-order valence-electron chi connectivity index (χ0n) is 16.4. The first-order valence-corrected chi connectivity index (χ1v) is 10.8. The fourth-order valence-corrected chi connectivity index (χ4v) is 3.82. The third-order valence-electron chi connectivity index (χ3n) is 5.08. The van der Waals surface area contributed by atoms with Gasteiger partial charge < -0.3 is 14.4 Å². The average molecular weight is 446 g/mol. The molecule has 1 aliphatic rings. The summed E-state index contributed by atoms with van der Waals surface area (Å²) in [6, 6.07) is 18.8. The van der Waals surface area contributed by atoms with E-state index < -0.39 is 0 Å². The van der Waals surface area contributed by atoms with Crippen molar-refractivity contribution in [3.8, 4) is 0 Å². The average Bonchev–Trinajstić information content (AvgIpc) is 2.73. The standard InChI is InChI=1S/C23H28BrNO3/c1-2-27-22(26)14-17-25-15-12-21(13-16-25)28-23(18-6-4-3-5-7-18)19-8-10-20(24)11-9-19/h3-11,21,23H,2,12-17H2,1H3. The highest BCUT2D eigenvalue weighted by Gasteiger charge is 2.25. The molecule has 1 saturated heterocycles. The quantitative estimate of drug-likeness (QED) is 0.537. The van der Waals surface area contributed by atoms with E-state index in [9.17, 15) is 4.79 Å². The molecule has 1 atom stereocenters. The molecule has 5 heteroatoms. The zero-order chi connectivity index (χ0) is 19.8. The van der Waals surface area contributed by atoms with Crippen molar-refractivity contribution in [3.05, 3.63) is 70.2 Å². The van der Waals surface area contributed by atoms with Gasteiger partial charge in [0, 0.05) is 24.1 Å². The van der Waals surface area contributed by atoms with E-state index in [1.54, 1.807) is 0 Å². The highest BCUT2D eigenvalue weighted by Crippen LogP contribution is 2.30. The van der Waals surface area contributed by atoms with Crippen LogP contribution in [0.25, 0.3) is 0 Å². The Hall–Kier alpha value is -1.69. The number of halogens is 1. The molecule has 0 N–H and O–H groups in total. The van der Waals surface area contributed by atoms with Crippen molar-refractivity contribution >= 4 is 21.9 Å². The van der Waals surface area contributed by atoms with E-state index in [0.717, 1.165) is 36.9 Å². The Kier molecular flexibility index (Phi) is 8.07. The number of ether oxygens (including phenoxy) is 2. The number of esters is 1. The maximum Gasteiger partial charge on any atom is 0.307 e. The van der Waals surface area contributed by atoms with E-state index in [1.807, 2.05) is 13.0 Å². The Morgan fingerprint density at radius 1 is 1.07 bits per heavy atom. The van der Waals surface area contributed by atoms with Crippen LogP contribution in [-0.2, 0) is 14.3 Å². The van der Waals surface area contributed by atoms with Crippen LogP contribution < -0.4 is 0 Å². The number of carbonyl (C=O) groups excluding carboxylic acids is 1. The summed E-state index contributed by atoms with van der Waals surface area (Å²) >= 11 is 3.51. The third-order valence-corrected chi connectivity index (χ3v) is 5.60. The summed E-state index contributed by atoms with van der Waals surface area (Å²) in [6.07, 6.45) is 2.56. The molecule has 0 amide bonds. The van der Waals surface area contributed by atoms with E-state index in [-0.39, 0.29) is 18.2 Å². The van der Waals surface area contributed by atoms with Gasteiger partial charge in [-0.15, -0.1) is 0 Å². The normalized spacial score (nSPS) is 16.6. The number of hydrogen-bond acceptors (Lipinski definition) is 4. The Morgan fingerprint density at radius 3 is 2.36 bits per heavy atom. The molecule has 3 rings (SSSR count). The second-order valence-electron chi connectivity index (χ2n) is 7.07. The molecule has 0 aliphatic carbocycles. The number of hydrogen-bond donors (Lipinski definition) is 0. The number of likely N-dealkylation sites (tertiary alicyclic amines) is 1. The summed E-state index contributed by atoms with van der Waals surface area (Å²) in [5.41, 5.74) is 2.34. The van der Waals surface area contributed by atoms with Gasteiger partial charge in [-0.25, -0.2) is 0 Å². The van der Waals surface area contributed by atoms with E-state index in [2.05, 4.69) is 69.4 Å². The van der Waals surface area contributed by atoms with Crippen molar-refractivity contribution in [3.63, 3.8) is 0 Å². The summed E-state index contributed by atoms with van der Waals surface area (Å²) in [7, 11) is 0. The van der Waals surface area contributed by atoms with E-state index in [1.165, 1.54) is 11.1 Å². The van der Waals surface area contributed by atoms with Crippen molar-refractivity contribution in [2.75, 3.05) is 26.2 Å². The highest BCUT2D eigenvalue weighted by molar-refractivity contribution is 9.10. The van der Waals surface area contributed by atoms with Crippen molar-refractivity contribution in [2.24, 2.45) is 0 Å². The van der Waals surface area contributed by atoms with Gasteiger partial charge in [0.15, 0.2) is 0 Å². The highest BCUT2D eigenvalue weighted by atomic mass is 79.9. The number of carbonyl (C=O) groups is 1. The van der Waals surface area contributed by atoms with E-state index in [0.29, 0.717) is 13.0 Å². The zero-order valence-corrected chi connectivity index (χ0v) is 17.9. The minimum atomic E-state index is -0.111. The first-order chi connectivity index (χ1) is 13.7. The number of nitrogens with zero attached hydrogens (tertiary/aromatic N) is 1. The Morgan fingerprint density at radius 2 is 1.71 bits per heavy atom. The van der Waals surface area contributed by atoms with Crippen molar-refractivity contribution in [2.45, 2.75) is 38.4 Å². The number of benzene rings is 2. The molecular weight excluding hydrogens is 418 g/mol. The lowest BCUT2D eigenvalue weighted by Crippen LogP contribution is -2.38. The smallest absolute Gasteiger partial charge is 0.307 e. The predicted molar refractivity (Wildman–Crippen MR) is 114 cm³/mol. The molecule has 28 heavy (non-hydrogen) atoms. The molecule has 1 heterocycles. The fraction of sp³-hybridized carbons (Fsp3) is 0.435. The second-order valence-corrected chi connectivity index (χ2v) is 7.99. The van der Waals surface area contributed by atoms with Gasteiger partial charge in [-0.1, -0.05) is 58.4 Å². The Balaban J connectivity index is 1.58. The van der Waals surface area contributed by atoms with Gasteiger partial charge in [0.1, 0.15) is 6.10 Å². The van der Waals surface area contributed by atoms with Gasteiger partial charge in [-0.05, 0) is 43.0 Å². The van der Waals surface area contributed by atoms with Crippen molar-refractivity contribution < 1.29 is 14.3 Å². The van der Waals surface area contributed by atoms with Crippen LogP contribution in [0.3, 0.4) is 0 Å². The topological polar surface area (TPSA) is 38.8 Å². The van der Waals surface area contributed by atoms with Crippen LogP contribution in [-0.4, -0.2) is 43.2 Å². The Labute approximate surface area is 176 Å². The first kappa shape index (κ1) is 21.0. The molecule has 2 aromatic rings. The predicted octanol–water partition coefficient (Wildman–Crippen LogP) is 4.97. The Bertz CT molecular complexity index is 727. The summed E-state index contributed by atoms with van der Waals surface area (Å²) < 4.78 is 12.7. The molecule has 0 bridgehead atoms. The van der Waals surface area contributed by atoms with Gasteiger partial charge >= 0.3 is 5.97 Å². The SMILES string of the molecule is CCOC(=O)CCN1CCC(OC(c2ccccc2)c2ccc(Br)cc2)CC1. The minimum absolute atomic E-state index is 0.0645. The van der Waals surface area contributed by atoms with Crippen LogP contribution in [0.4, 0.5) is 0 Å². The van der Waals surface area contributed by atoms with Gasteiger partial charge in [-0.3, -0.25) is 4.79 Å². The monoisotopic (exact) mass is 445 g/mol. The van der Waals surface area contributed by atoms with Crippen LogP contribution in [0.15, 0.2) is 59.1 Å². The van der Waals surface area contributed by atoms with Crippen LogP contribution in [0.1, 0.15) is 43.4 Å². The largest absolute Gasteiger partial charge is 0.466 e. The van der Waals surface area contributed by atoms with Crippen LogP contribution in [0, 0.1) is 0 Å². The summed E-state index contributed by atoms with van der Waals surface area (Å²) in [5.74, 6) is -0.111. The summed E-state index contributed by atoms with van der Waals surface area (Å²) in [4.78, 5) is 13.9. The molecule has 4 nitrogen and oxygen atoms in total. The molecule has 1 fully saturated rings. The van der Waals surface area contributed by atoms with Gasteiger partial charge in [0.25, 0.3) is 0 Å². The lowest BCUT2D eigenvalue weighted by atomic mass is 10.00. The molecule has 1 unspecified atom stereocenters. The summed E-state index contributed by atoms with van der Waals surface area (Å²) in [6.45, 7) is 4.96. The maximum absolute atomic E-state index is 11.6. The van der Waals surface area contributed by atoms with E-state index >= 15 is 0 Å². The number of piperidine rings is 1. The van der Waals surface area contributed by atoms with Crippen molar-refractivity contribution in [1.82, 2.24) is 4.90 Å². The number of rotatable bonds is 8. The van der Waals surface area contributed by atoms with Crippen LogP contribution in [0.2, 0.25) is 0 Å². The second kappa shape index (κ2) is 10.7. The van der Waals surface area contributed by atoms with Gasteiger partial charge in [0.05, 0.1) is 19.1 Å². The van der Waals surface area contributed by atoms with Gasteiger partial charge in [-0.2, -0.15) is 0 Å². The third kappa shape index (κ3) is 6.16. The van der Waals surface area contributed by atoms with E-state index in [4.69, 9.17) is 9.47 Å². The van der Waals surface area contributed by atoms with Crippen LogP contribution in [0.5, 0.6) is 0 Å². The molecule has 2 aromatic carbocycles. The molecule has 0 aromatic heterocycles. The fourth-order valence-electron chi connectivity index (χ4n) is 3.56. The molecule has 1 aliphatic heterocycles.